The summed E-state index contributed by atoms with van der Waals surface area (Å²) in [4.78, 5) is 15.2. The Morgan fingerprint density at radius 3 is 2.76 bits per heavy atom. The van der Waals surface area contributed by atoms with E-state index in [0.29, 0.717) is 11.0 Å². The van der Waals surface area contributed by atoms with Gasteiger partial charge in [0.2, 0.25) is 0 Å². The molecule has 0 aliphatic heterocycles. The molecule has 1 aromatic heterocycles. The second kappa shape index (κ2) is 4.94. The van der Waals surface area contributed by atoms with Crippen molar-refractivity contribution in [1.82, 2.24) is 9.55 Å². The maximum absolute atomic E-state index is 11.5. The van der Waals surface area contributed by atoms with Gasteiger partial charge in [-0.15, -0.1) is 0 Å². The third kappa shape index (κ3) is 2.61. The van der Waals surface area contributed by atoms with Crippen molar-refractivity contribution >= 4 is 12.6 Å². The Kier molecular flexibility index (Phi) is 3.36. The van der Waals surface area contributed by atoms with Crippen LogP contribution in [-0.4, -0.2) is 26.7 Å². The van der Waals surface area contributed by atoms with Crippen molar-refractivity contribution in [3.8, 4) is 0 Å². The highest BCUT2D eigenvalue weighted by Gasteiger charge is 2.15. The molecule has 0 bridgehead atoms. The fraction of sp³-hybridized carbons (Fsp3) is 0.0909. The summed E-state index contributed by atoms with van der Waals surface area (Å²) in [6.45, 7) is 0.287. The Bertz CT molecular complexity index is 568. The molecule has 0 saturated carbocycles. The van der Waals surface area contributed by atoms with Gasteiger partial charge in [-0.25, -0.2) is 0 Å². The lowest BCUT2D eigenvalue weighted by Crippen LogP contribution is -2.34. The molecule has 0 aliphatic rings. The molecule has 2 rings (SSSR count). The van der Waals surface area contributed by atoms with E-state index in [4.69, 9.17) is 0 Å². The molecule has 2 N–H and O–H groups in total. The largest absolute Gasteiger partial charge is 0.488 e. The summed E-state index contributed by atoms with van der Waals surface area (Å²) in [6, 6.07) is 6.87. The van der Waals surface area contributed by atoms with Crippen LogP contribution < -0.4 is 11.0 Å². The van der Waals surface area contributed by atoms with Gasteiger partial charge in [-0.2, -0.15) is 0 Å². The van der Waals surface area contributed by atoms with E-state index in [-0.39, 0.29) is 12.1 Å². The monoisotopic (exact) mass is 230 g/mol. The van der Waals surface area contributed by atoms with Gasteiger partial charge >= 0.3 is 7.12 Å². The first-order chi connectivity index (χ1) is 8.18. The SMILES string of the molecule is O=c1cnccn1Cc1ccccc1B(O)O. The minimum Gasteiger partial charge on any atom is -0.423 e. The van der Waals surface area contributed by atoms with E-state index in [1.54, 1.807) is 30.5 Å². The van der Waals surface area contributed by atoms with E-state index in [0.717, 1.165) is 0 Å². The zero-order valence-corrected chi connectivity index (χ0v) is 9.02. The lowest BCUT2D eigenvalue weighted by molar-refractivity contribution is 0.425. The van der Waals surface area contributed by atoms with Crippen molar-refractivity contribution < 1.29 is 10.0 Å². The maximum Gasteiger partial charge on any atom is 0.488 e. The second-order valence-electron chi connectivity index (χ2n) is 3.61. The summed E-state index contributed by atoms with van der Waals surface area (Å²) in [5.41, 5.74) is 0.863. The normalized spacial score (nSPS) is 10.2. The van der Waals surface area contributed by atoms with Crippen molar-refractivity contribution in [3.05, 3.63) is 58.8 Å². The van der Waals surface area contributed by atoms with Crippen molar-refractivity contribution in [2.24, 2.45) is 0 Å². The van der Waals surface area contributed by atoms with Crippen LogP contribution in [0.3, 0.4) is 0 Å². The van der Waals surface area contributed by atoms with Crippen molar-refractivity contribution in [1.29, 1.82) is 0 Å². The van der Waals surface area contributed by atoms with Crippen molar-refractivity contribution in [2.45, 2.75) is 6.54 Å². The molecule has 5 nitrogen and oxygen atoms in total. The van der Waals surface area contributed by atoms with Crippen LogP contribution in [0, 0.1) is 0 Å². The number of aromatic nitrogens is 2. The Labute approximate surface area is 98.1 Å². The first kappa shape index (κ1) is 11.6. The molecule has 2 aromatic rings. The van der Waals surface area contributed by atoms with E-state index < -0.39 is 7.12 Å². The van der Waals surface area contributed by atoms with Crippen LogP contribution in [0.15, 0.2) is 47.7 Å². The molecule has 0 spiro atoms. The molecule has 86 valence electrons. The van der Waals surface area contributed by atoms with Crippen LogP contribution in [0.5, 0.6) is 0 Å². The molecule has 0 saturated heterocycles. The number of hydrogen-bond acceptors (Lipinski definition) is 4. The quantitative estimate of drug-likeness (QED) is 0.661. The molecular weight excluding hydrogens is 219 g/mol. The number of hydrogen-bond donors (Lipinski definition) is 2. The summed E-state index contributed by atoms with van der Waals surface area (Å²) in [5, 5.41) is 18.4. The number of rotatable bonds is 3. The fourth-order valence-electron chi connectivity index (χ4n) is 1.62. The number of benzene rings is 1. The smallest absolute Gasteiger partial charge is 0.423 e. The first-order valence-electron chi connectivity index (χ1n) is 5.13. The van der Waals surface area contributed by atoms with Crippen LogP contribution in [0.2, 0.25) is 0 Å². The molecule has 1 heterocycles. The van der Waals surface area contributed by atoms with Crippen LogP contribution in [0.4, 0.5) is 0 Å². The average molecular weight is 230 g/mol. The van der Waals surface area contributed by atoms with Gasteiger partial charge in [0.1, 0.15) is 0 Å². The lowest BCUT2D eigenvalue weighted by Gasteiger charge is -2.09. The molecule has 0 atom stereocenters. The van der Waals surface area contributed by atoms with E-state index in [9.17, 15) is 14.8 Å². The van der Waals surface area contributed by atoms with Crippen LogP contribution in [0.25, 0.3) is 0 Å². The van der Waals surface area contributed by atoms with Gasteiger partial charge in [-0.05, 0) is 11.0 Å². The van der Waals surface area contributed by atoms with Gasteiger partial charge < -0.3 is 14.6 Å². The van der Waals surface area contributed by atoms with E-state index in [1.165, 1.54) is 17.0 Å². The van der Waals surface area contributed by atoms with E-state index in [2.05, 4.69) is 4.98 Å². The van der Waals surface area contributed by atoms with Crippen LogP contribution >= 0.6 is 0 Å². The molecule has 0 amide bonds. The zero-order chi connectivity index (χ0) is 12.3. The third-order valence-electron chi connectivity index (χ3n) is 2.47. The fourth-order valence-corrected chi connectivity index (χ4v) is 1.62. The van der Waals surface area contributed by atoms with Gasteiger partial charge in [-0.1, -0.05) is 24.3 Å². The van der Waals surface area contributed by atoms with E-state index >= 15 is 0 Å². The molecule has 0 radical (unpaired) electrons. The molecular formula is C11H11BN2O3. The van der Waals surface area contributed by atoms with Gasteiger partial charge in [0.25, 0.3) is 5.56 Å². The molecule has 17 heavy (non-hydrogen) atoms. The minimum absolute atomic E-state index is 0.227. The van der Waals surface area contributed by atoms with Gasteiger partial charge in [0.15, 0.2) is 0 Å². The topological polar surface area (TPSA) is 75.4 Å². The Balaban J connectivity index is 2.37. The van der Waals surface area contributed by atoms with Crippen molar-refractivity contribution in [2.75, 3.05) is 0 Å². The standard InChI is InChI=1S/C11H11BN2O3/c15-11-7-13-5-6-14(11)8-9-3-1-2-4-10(9)12(16)17/h1-7,16-17H,8H2. The highest BCUT2D eigenvalue weighted by atomic mass is 16.4. The predicted molar refractivity (Wildman–Crippen MR) is 63.9 cm³/mol. The molecule has 1 aromatic carbocycles. The van der Waals surface area contributed by atoms with E-state index in [1.807, 2.05) is 0 Å². The summed E-state index contributed by atoms with van der Waals surface area (Å²) in [5.74, 6) is 0. The minimum atomic E-state index is -1.54. The second-order valence-corrected chi connectivity index (χ2v) is 3.61. The summed E-state index contributed by atoms with van der Waals surface area (Å²) in [7, 11) is -1.54. The highest BCUT2D eigenvalue weighted by molar-refractivity contribution is 6.59. The van der Waals surface area contributed by atoms with Gasteiger partial charge in [0, 0.05) is 12.4 Å². The van der Waals surface area contributed by atoms with Gasteiger partial charge in [0.05, 0.1) is 12.7 Å². The van der Waals surface area contributed by atoms with Crippen molar-refractivity contribution in [3.63, 3.8) is 0 Å². The molecule has 0 aliphatic carbocycles. The van der Waals surface area contributed by atoms with Crippen LogP contribution in [0.1, 0.15) is 5.56 Å². The molecule has 0 unspecified atom stereocenters. The number of nitrogens with zero attached hydrogens (tertiary/aromatic N) is 2. The zero-order valence-electron chi connectivity index (χ0n) is 9.02. The van der Waals surface area contributed by atoms with Gasteiger partial charge in [-0.3, -0.25) is 9.78 Å². The summed E-state index contributed by atoms with van der Waals surface area (Å²) >= 11 is 0. The first-order valence-corrected chi connectivity index (χ1v) is 5.13. The van der Waals surface area contributed by atoms with Crippen LogP contribution in [-0.2, 0) is 6.54 Å². The maximum atomic E-state index is 11.5. The highest BCUT2D eigenvalue weighted by Crippen LogP contribution is 1.99. The Morgan fingerprint density at radius 2 is 2.06 bits per heavy atom. The molecule has 6 heteroatoms. The lowest BCUT2D eigenvalue weighted by atomic mass is 9.77. The molecule has 0 fully saturated rings. The average Bonchev–Trinajstić information content (AvgIpc) is 2.32. The Hall–Kier alpha value is -1.92. The third-order valence-corrected chi connectivity index (χ3v) is 2.47. The summed E-state index contributed by atoms with van der Waals surface area (Å²) < 4.78 is 1.45. The Morgan fingerprint density at radius 1 is 1.29 bits per heavy atom. The predicted octanol–water partition coefficient (Wildman–Crippen LogP) is -1.03. The summed E-state index contributed by atoms with van der Waals surface area (Å²) in [6.07, 6.45) is 4.29.